The fourth-order valence-corrected chi connectivity index (χ4v) is 5.54. The first-order valence-corrected chi connectivity index (χ1v) is 12.8. The lowest BCUT2D eigenvalue weighted by Crippen LogP contribution is -2.41. The summed E-state index contributed by atoms with van der Waals surface area (Å²) in [7, 11) is 0. The van der Waals surface area contributed by atoms with E-state index < -0.39 is 5.60 Å². The fourth-order valence-electron chi connectivity index (χ4n) is 5.08. The van der Waals surface area contributed by atoms with Crippen LogP contribution >= 0.6 is 23.2 Å². The zero-order chi connectivity index (χ0) is 25.5. The zero-order valence-electron chi connectivity index (χ0n) is 21.0. The van der Waals surface area contributed by atoms with Crippen molar-refractivity contribution < 1.29 is 14.3 Å². The van der Waals surface area contributed by atoms with Crippen molar-refractivity contribution in [3.8, 4) is 0 Å². The Kier molecular flexibility index (Phi) is 7.26. The third-order valence-electron chi connectivity index (χ3n) is 6.90. The zero-order valence-corrected chi connectivity index (χ0v) is 22.5. The molecule has 188 valence electrons. The van der Waals surface area contributed by atoms with Gasteiger partial charge in [0.1, 0.15) is 5.60 Å². The highest BCUT2D eigenvalue weighted by Gasteiger charge is 2.43. The molecule has 0 spiro atoms. The Morgan fingerprint density at radius 3 is 2.51 bits per heavy atom. The second-order valence-corrected chi connectivity index (χ2v) is 11.2. The van der Waals surface area contributed by atoms with E-state index in [4.69, 9.17) is 27.9 Å². The van der Waals surface area contributed by atoms with Crippen LogP contribution in [0.15, 0.2) is 30.3 Å². The van der Waals surface area contributed by atoms with E-state index in [9.17, 15) is 9.59 Å². The van der Waals surface area contributed by atoms with E-state index in [0.29, 0.717) is 36.0 Å². The highest BCUT2D eigenvalue weighted by molar-refractivity contribution is 6.43. The molecule has 0 radical (unpaired) electrons. The lowest BCUT2D eigenvalue weighted by molar-refractivity contribution is -0.115. The smallest absolute Gasteiger partial charge is 0.410 e. The molecular weight excluding hydrogens is 485 g/mol. The summed E-state index contributed by atoms with van der Waals surface area (Å²) in [6, 6.07) is 9.66. The number of aryl methyl sites for hydroxylation is 1. The van der Waals surface area contributed by atoms with E-state index in [2.05, 4.69) is 10.2 Å². The van der Waals surface area contributed by atoms with Gasteiger partial charge in [0.2, 0.25) is 5.91 Å². The van der Waals surface area contributed by atoms with Gasteiger partial charge in [0, 0.05) is 42.0 Å². The number of carbonyl (C=O) groups is 2. The monoisotopic (exact) mass is 517 g/mol. The molecule has 0 unspecified atom stereocenters. The molecule has 4 rings (SSSR count). The average Bonchev–Trinajstić information content (AvgIpc) is 2.91. The minimum absolute atomic E-state index is 0.0257. The molecule has 0 aliphatic carbocycles. The first-order valence-electron chi connectivity index (χ1n) is 12.0. The largest absolute Gasteiger partial charge is 0.444 e. The number of fused-ring (bicyclic) bond motifs is 3. The minimum atomic E-state index is -0.555. The van der Waals surface area contributed by atoms with Crippen LogP contribution in [0.25, 0.3) is 0 Å². The van der Waals surface area contributed by atoms with Crippen molar-refractivity contribution in [2.75, 3.05) is 29.9 Å². The van der Waals surface area contributed by atoms with Crippen LogP contribution in [-0.2, 0) is 9.53 Å². The second kappa shape index (κ2) is 9.90. The average molecular weight is 518 g/mol. The molecule has 35 heavy (non-hydrogen) atoms. The number of hydrogen-bond donors (Lipinski definition) is 1. The van der Waals surface area contributed by atoms with Crippen molar-refractivity contribution in [2.24, 2.45) is 0 Å². The van der Waals surface area contributed by atoms with Gasteiger partial charge < -0.3 is 19.9 Å². The van der Waals surface area contributed by atoms with Gasteiger partial charge in [-0.2, -0.15) is 0 Å². The number of rotatable bonds is 3. The van der Waals surface area contributed by atoms with E-state index in [-0.39, 0.29) is 30.5 Å². The Morgan fingerprint density at radius 1 is 1.09 bits per heavy atom. The van der Waals surface area contributed by atoms with Crippen LogP contribution in [0.2, 0.25) is 10.0 Å². The highest BCUT2D eigenvalue weighted by Crippen LogP contribution is 2.50. The van der Waals surface area contributed by atoms with Gasteiger partial charge in [-0.25, -0.2) is 4.79 Å². The predicted octanol–water partition coefficient (Wildman–Crippen LogP) is 6.55. The number of benzene rings is 2. The molecule has 2 atom stereocenters. The molecule has 2 aliphatic heterocycles. The van der Waals surface area contributed by atoms with Crippen LogP contribution in [0.5, 0.6) is 0 Å². The maximum absolute atomic E-state index is 13.2. The van der Waals surface area contributed by atoms with Crippen molar-refractivity contribution in [1.82, 2.24) is 4.90 Å². The molecule has 2 aromatic carbocycles. The van der Waals surface area contributed by atoms with Gasteiger partial charge in [-0.15, -0.1) is 0 Å². The number of anilines is 2. The summed E-state index contributed by atoms with van der Waals surface area (Å²) in [6.45, 7) is 10.9. The lowest BCUT2D eigenvalue weighted by atomic mass is 9.91. The van der Waals surface area contributed by atoms with Crippen molar-refractivity contribution in [3.63, 3.8) is 0 Å². The predicted molar refractivity (Wildman–Crippen MR) is 142 cm³/mol. The number of nitrogens with zero attached hydrogens (tertiary/aromatic N) is 2. The second-order valence-electron chi connectivity index (χ2n) is 10.4. The van der Waals surface area contributed by atoms with Crippen LogP contribution in [-0.4, -0.2) is 48.2 Å². The van der Waals surface area contributed by atoms with Crippen molar-refractivity contribution >= 4 is 46.6 Å². The van der Waals surface area contributed by atoms with Crippen LogP contribution in [0.3, 0.4) is 0 Å². The molecule has 2 aliphatic rings. The lowest BCUT2D eigenvalue weighted by Gasteiger charge is -2.29. The summed E-state index contributed by atoms with van der Waals surface area (Å²) >= 11 is 13.1. The molecule has 2 heterocycles. The number of hydrogen-bond acceptors (Lipinski definition) is 4. The number of likely N-dealkylation sites (tertiary alicyclic amines) is 1. The molecule has 1 fully saturated rings. The number of halogens is 2. The Labute approximate surface area is 217 Å². The van der Waals surface area contributed by atoms with Gasteiger partial charge in [0.05, 0.1) is 16.6 Å². The number of nitrogens with one attached hydrogen (secondary N) is 1. The molecule has 6 nitrogen and oxygen atoms in total. The van der Waals surface area contributed by atoms with E-state index in [1.807, 2.05) is 58.9 Å². The standard InChI is InChI=1S/C27H33Cl2N3O3/c1-16-7-6-8-20(17(16)2)30-23(33)15-32-21-12-14-31(26(34)35-27(3,4)5)13-11-18(21)24-22(32)10-9-19(28)25(24)29/h6-10,18,21H,11-15H2,1-5H3,(H,30,33)/t18-,21-/m0/s1. The fraction of sp³-hybridized carbons (Fsp3) is 0.481. The highest BCUT2D eigenvalue weighted by atomic mass is 35.5. The third-order valence-corrected chi connectivity index (χ3v) is 7.72. The Morgan fingerprint density at radius 2 is 1.80 bits per heavy atom. The van der Waals surface area contributed by atoms with Gasteiger partial charge in [0.15, 0.2) is 0 Å². The summed E-state index contributed by atoms with van der Waals surface area (Å²) in [4.78, 5) is 29.8. The SMILES string of the molecule is Cc1cccc(NC(=O)CN2c3ccc(Cl)c(Cl)c3[C@H]3CCN(C(=O)OC(C)(C)C)CC[C@@H]32)c1C. The van der Waals surface area contributed by atoms with E-state index >= 15 is 0 Å². The van der Waals surface area contributed by atoms with Crippen LogP contribution in [0.1, 0.15) is 56.2 Å². The molecule has 1 saturated heterocycles. The van der Waals surface area contributed by atoms with Gasteiger partial charge in [0.25, 0.3) is 0 Å². The van der Waals surface area contributed by atoms with Crippen LogP contribution < -0.4 is 10.2 Å². The number of ether oxygens (including phenoxy) is 1. The number of carbonyl (C=O) groups excluding carboxylic acids is 2. The number of amides is 2. The summed E-state index contributed by atoms with van der Waals surface area (Å²) in [5.41, 5.74) is 4.35. The molecular formula is C27H33Cl2N3O3. The minimum Gasteiger partial charge on any atom is -0.444 e. The van der Waals surface area contributed by atoms with Gasteiger partial charge in [-0.1, -0.05) is 35.3 Å². The maximum Gasteiger partial charge on any atom is 0.410 e. The Hall–Kier alpha value is -2.44. The summed E-state index contributed by atoms with van der Waals surface area (Å²) < 4.78 is 5.61. The molecule has 2 aromatic rings. The molecule has 2 amide bonds. The molecule has 0 saturated carbocycles. The Bertz CT molecular complexity index is 1150. The molecule has 8 heteroatoms. The van der Waals surface area contributed by atoms with Gasteiger partial charge >= 0.3 is 6.09 Å². The van der Waals surface area contributed by atoms with Crippen molar-refractivity contribution in [1.29, 1.82) is 0 Å². The molecule has 0 aromatic heterocycles. The summed E-state index contributed by atoms with van der Waals surface area (Å²) in [5, 5.41) is 4.10. The molecule has 0 bridgehead atoms. The van der Waals surface area contributed by atoms with Crippen LogP contribution in [0, 0.1) is 13.8 Å². The third kappa shape index (κ3) is 5.39. The molecule has 1 N–H and O–H groups in total. The van der Waals surface area contributed by atoms with Crippen molar-refractivity contribution in [3.05, 3.63) is 57.1 Å². The quantitative estimate of drug-likeness (QED) is 0.501. The van der Waals surface area contributed by atoms with Gasteiger partial charge in [-0.05, 0) is 76.8 Å². The summed E-state index contributed by atoms with van der Waals surface area (Å²) in [6.07, 6.45) is 1.10. The maximum atomic E-state index is 13.2. The van der Waals surface area contributed by atoms with E-state index in [0.717, 1.165) is 28.1 Å². The van der Waals surface area contributed by atoms with E-state index in [1.54, 1.807) is 11.0 Å². The van der Waals surface area contributed by atoms with Crippen molar-refractivity contribution in [2.45, 2.75) is 65.0 Å². The summed E-state index contributed by atoms with van der Waals surface area (Å²) in [5.74, 6) is -0.0261. The van der Waals surface area contributed by atoms with E-state index in [1.165, 1.54) is 0 Å². The van der Waals surface area contributed by atoms with Gasteiger partial charge in [-0.3, -0.25) is 4.79 Å². The van der Waals surface area contributed by atoms with Crippen LogP contribution in [0.4, 0.5) is 16.2 Å². The topological polar surface area (TPSA) is 61.9 Å². The Balaban J connectivity index is 1.59. The first kappa shape index (κ1) is 25.6. The normalized spacial score (nSPS) is 19.6. The first-order chi connectivity index (χ1) is 16.5.